The quantitative estimate of drug-likeness (QED) is 0.839. The van der Waals surface area contributed by atoms with Gasteiger partial charge in [-0.3, -0.25) is 19.0 Å². The SMILES string of the molecule is CCn1cc(C(=O)Nc2cnn(C)c2C(=O)NCC(C)C)cn1. The van der Waals surface area contributed by atoms with Crippen LogP contribution in [0.2, 0.25) is 0 Å². The highest BCUT2D eigenvalue weighted by Gasteiger charge is 2.19. The van der Waals surface area contributed by atoms with Gasteiger partial charge in [-0.2, -0.15) is 10.2 Å². The van der Waals surface area contributed by atoms with Gasteiger partial charge in [-0.25, -0.2) is 0 Å². The van der Waals surface area contributed by atoms with E-state index in [4.69, 9.17) is 0 Å². The van der Waals surface area contributed by atoms with Crippen molar-refractivity contribution in [2.75, 3.05) is 11.9 Å². The number of carbonyl (C=O) groups is 2. The summed E-state index contributed by atoms with van der Waals surface area (Å²) in [5.41, 5.74) is 1.13. The Hall–Kier alpha value is -2.64. The van der Waals surface area contributed by atoms with Gasteiger partial charge in [-0.05, 0) is 12.8 Å². The molecule has 0 aliphatic carbocycles. The second-order valence-electron chi connectivity index (χ2n) is 5.67. The molecule has 0 aliphatic rings. The molecule has 0 atom stereocenters. The number of rotatable bonds is 6. The number of nitrogens with zero attached hydrogens (tertiary/aromatic N) is 4. The maximum atomic E-state index is 12.3. The van der Waals surface area contributed by atoms with Gasteiger partial charge in [-0.1, -0.05) is 13.8 Å². The Balaban J connectivity index is 2.14. The minimum absolute atomic E-state index is 0.266. The van der Waals surface area contributed by atoms with E-state index in [0.717, 1.165) is 0 Å². The highest BCUT2D eigenvalue weighted by molar-refractivity contribution is 6.08. The number of aryl methyl sites for hydroxylation is 2. The van der Waals surface area contributed by atoms with Gasteiger partial charge in [0.25, 0.3) is 11.8 Å². The summed E-state index contributed by atoms with van der Waals surface area (Å²) in [6.45, 7) is 7.20. The second kappa shape index (κ2) is 7.08. The normalized spacial score (nSPS) is 10.8. The van der Waals surface area contributed by atoms with Crippen molar-refractivity contribution in [2.45, 2.75) is 27.3 Å². The number of anilines is 1. The van der Waals surface area contributed by atoms with Crippen LogP contribution in [-0.4, -0.2) is 37.9 Å². The minimum Gasteiger partial charge on any atom is -0.350 e. The van der Waals surface area contributed by atoms with Crippen LogP contribution in [0.3, 0.4) is 0 Å². The monoisotopic (exact) mass is 318 g/mol. The minimum atomic E-state index is -0.324. The van der Waals surface area contributed by atoms with Gasteiger partial charge in [0.1, 0.15) is 5.69 Å². The average Bonchev–Trinajstić information content (AvgIpc) is 3.12. The fourth-order valence-corrected chi connectivity index (χ4v) is 2.03. The molecular formula is C15H22N6O2. The molecule has 0 unspecified atom stereocenters. The molecule has 2 heterocycles. The zero-order valence-electron chi connectivity index (χ0n) is 13.8. The molecule has 0 saturated heterocycles. The van der Waals surface area contributed by atoms with Crippen molar-refractivity contribution in [2.24, 2.45) is 13.0 Å². The first-order valence-corrected chi connectivity index (χ1v) is 7.56. The third-order valence-corrected chi connectivity index (χ3v) is 3.29. The zero-order chi connectivity index (χ0) is 17.0. The molecule has 2 rings (SSSR count). The summed E-state index contributed by atoms with van der Waals surface area (Å²) < 4.78 is 3.11. The molecular weight excluding hydrogens is 296 g/mol. The molecule has 8 nitrogen and oxygen atoms in total. The molecule has 2 aromatic rings. The fourth-order valence-electron chi connectivity index (χ4n) is 2.03. The van der Waals surface area contributed by atoms with Crippen LogP contribution >= 0.6 is 0 Å². The molecule has 0 saturated carbocycles. The number of amides is 2. The van der Waals surface area contributed by atoms with Crippen molar-refractivity contribution in [3.8, 4) is 0 Å². The van der Waals surface area contributed by atoms with Crippen LogP contribution in [0, 0.1) is 5.92 Å². The summed E-state index contributed by atoms with van der Waals surface area (Å²) in [5, 5.41) is 13.7. The highest BCUT2D eigenvalue weighted by Crippen LogP contribution is 2.15. The van der Waals surface area contributed by atoms with E-state index in [1.165, 1.54) is 17.1 Å². The highest BCUT2D eigenvalue weighted by atomic mass is 16.2. The first kappa shape index (κ1) is 16.7. The Morgan fingerprint density at radius 3 is 2.57 bits per heavy atom. The Labute approximate surface area is 134 Å². The average molecular weight is 318 g/mol. The van der Waals surface area contributed by atoms with Crippen LogP contribution in [0.1, 0.15) is 41.6 Å². The molecule has 23 heavy (non-hydrogen) atoms. The summed E-state index contributed by atoms with van der Waals surface area (Å²) in [6.07, 6.45) is 4.62. The van der Waals surface area contributed by atoms with Crippen LogP contribution in [0.15, 0.2) is 18.6 Å². The lowest BCUT2D eigenvalue weighted by molar-refractivity contribution is 0.0940. The predicted octanol–water partition coefficient (Wildman–Crippen LogP) is 1.27. The molecule has 0 aliphatic heterocycles. The van der Waals surface area contributed by atoms with Crippen molar-refractivity contribution in [1.82, 2.24) is 24.9 Å². The van der Waals surface area contributed by atoms with E-state index in [2.05, 4.69) is 20.8 Å². The number of hydrogen-bond acceptors (Lipinski definition) is 4. The smallest absolute Gasteiger partial charge is 0.271 e. The zero-order valence-corrected chi connectivity index (χ0v) is 13.8. The van der Waals surface area contributed by atoms with Crippen LogP contribution < -0.4 is 10.6 Å². The van der Waals surface area contributed by atoms with Gasteiger partial charge in [-0.15, -0.1) is 0 Å². The Morgan fingerprint density at radius 2 is 1.96 bits per heavy atom. The lowest BCUT2D eigenvalue weighted by Crippen LogP contribution is -2.30. The van der Waals surface area contributed by atoms with Gasteiger partial charge < -0.3 is 10.6 Å². The molecule has 0 aromatic carbocycles. The van der Waals surface area contributed by atoms with Gasteiger partial charge in [0.15, 0.2) is 0 Å². The lowest BCUT2D eigenvalue weighted by Gasteiger charge is -2.10. The molecule has 8 heteroatoms. The molecule has 2 amide bonds. The number of carbonyl (C=O) groups excluding carboxylic acids is 2. The largest absolute Gasteiger partial charge is 0.350 e. The van der Waals surface area contributed by atoms with E-state index < -0.39 is 0 Å². The standard InChI is InChI=1S/C15H22N6O2/c1-5-21-9-11(7-18-21)14(22)19-12-8-17-20(4)13(12)15(23)16-6-10(2)3/h7-10H,5-6H2,1-4H3,(H,16,23)(H,19,22). The van der Waals surface area contributed by atoms with Crippen LogP contribution in [0.25, 0.3) is 0 Å². The molecule has 0 bridgehead atoms. The van der Waals surface area contributed by atoms with Gasteiger partial charge in [0.2, 0.25) is 0 Å². The van der Waals surface area contributed by atoms with E-state index >= 15 is 0 Å². The van der Waals surface area contributed by atoms with Crippen molar-refractivity contribution < 1.29 is 9.59 Å². The topological polar surface area (TPSA) is 93.8 Å². The molecule has 2 aromatic heterocycles. The third-order valence-electron chi connectivity index (χ3n) is 3.29. The molecule has 0 radical (unpaired) electrons. The summed E-state index contributed by atoms with van der Waals surface area (Å²) in [6, 6.07) is 0. The van der Waals surface area contributed by atoms with Gasteiger partial charge in [0.05, 0.1) is 23.6 Å². The van der Waals surface area contributed by atoms with E-state index in [1.54, 1.807) is 17.9 Å². The fraction of sp³-hybridized carbons (Fsp3) is 0.467. The predicted molar refractivity (Wildman–Crippen MR) is 86.2 cm³/mol. The van der Waals surface area contributed by atoms with Crippen LogP contribution in [0.4, 0.5) is 5.69 Å². The Bertz CT molecular complexity index is 701. The third kappa shape index (κ3) is 3.97. The number of aromatic nitrogens is 4. The summed E-state index contributed by atoms with van der Waals surface area (Å²) >= 11 is 0. The van der Waals surface area contributed by atoms with E-state index in [0.29, 0.717) is 36.0 Å². The summed E-state index contributed by atoms with van der Waals surface area (Å²) in [4.78, 5) is 24.5. The van der Waals surface area contributed by atoms with Crippen LogP contribution in [0.5, 0.6) is 0 Å². The van der Waals surface area contributed by atoms with Crippen molar-refractivity contribution in [3.63, 3.8) is 0 Å². The number of hydrogen-bond donors (Lipinski definition) is 2. The first-order chi connectivity index (χ1) is 10.9. The Kier molecular flexibility index (Phi) is 5.15. The Morgan fingerprint density at radius 1 is 1.22 bits per heavy atom. The maximum Gasteiger partial charge on any atom is 0.271 e. The lowest BCUT2D eigenvalue weighted by atomic mass is 10.2. The second-order valence-corrected chi connectivity index (χ2v) is 5.67. The maximum absolute atomic E-state index is 12.3. The number of nitrogens with one attached hydrogen (secondary N) is 2. The van der Waals surface area contributed by atoms with Gasteiger partial charge >= 0.3 is 0 Å². The summed E-state index contributed by atoms with van der Waals surface area (Å²) in [5.74, 6) is -0.251. The van der Waals surface area contributed by atoms with Crippen molar-refractivity contribution in [1.29, 1.82) is 0 Å². The van der Waals surface area contributed by atoms with E-state index in [9.17, 15) is 9.59 Å². The van der Waals surface area contributed by atoms with Gasteiger partial charge in [0, 0.05) is 26.3 Å². The first-order valence-electron chi connectivity index (χ1n) is 7.56. The molecule has 0 fully saturated rings. The summed E-state index contributed by atoms with van der Waals surface area (Å²) in [7, 11) is 1.66. The molecule has 124 valence electrons. The van der Waals surface area contributed by atoms with Crippen LogP contribution in [-0.2, 0) is 13.6 Å². The van der Waals surface area contributed by atoms with Crippen molar-refractivity contribution >= 4 is 17.5 Å². The molecule has 2 N–H and O–H groups in total. The molecule has 0 spiro atoms. The van der Waals surface area contributed by atoms with E-state index in [-0.39, 0.29) is 11.8 Å². The van der Waals surface area contributed by atoms with Crippen molar-refractivity contribution in [3.05, 3.63) is 29.8 Å². The van der Waals surface area contributed by atoms with E-state index in [1.807, 2.05) is 20.8 Å².